The Morgan fingerprint density at radius 1 is 1.05 bits per heavy atom. The molecule has 0 unspecified atom stereocenters. The van der Waals surface area contributed by atoms with Crippen LogP contribution in [0.3, 0.4) is 0 Å². The second-order valence-corrected chi connectivity index (χ2v) is 11.4. The molecule has 0 saturated heterocycles. The summed E-state index contributed by atoms with van der Waals surface area (Å²) < 4.78 is 5.45. The monoisotopic (exact) mass is 570 g/mol. The Hall–Kier alpha value is -4.47. The van der Waals surface area contributed by atoms with E-state index in [1.54, 1.807) is 13.2 Å². The number of aromatic amines is 1. The smallest absolute Gasteiger partial charge is 0.289 e. The van der Waals surface area contributed by atoms with Crippen molar-refractivity contribution in [3.8, 4) is 5.75 Å². The number of Topliss-reactive ketones (excluding diaryl/α,β-unsaturated/α-hetero) is 2. The number of nitrogens with one attached hydrogen (secondary N) is 3. The van der Waals surface area contributed by atoms with Gasteiger partial charge in [-0.25, -0.2) is 0 Å². The summed E-state index contributed by atoms with van der Waals surface area (Å²) in [6.07, 6.45) is 4.01. The van der Waals surface area contributed by atoms with Crippen molar-refractivity contribution in [1.82, 2.24) is 20.5 Å². The van der Waals surface area contributed by atoms with Crippen LogP contribution in [0.5, 0.6) is 5.75 Å². The highest BCUT2D eigenvalue weighted by Crippen LogP contribution is 2.34. The molecule has 3 amide bonds. The average molecular weight is 571 g/mol. The molecule has 42 heavy (non-hydrogen) atoms. The molecular formula is C32H34N4O6. The summed E-state index contributed by atoms with van der Waals surface area (Å²) >= 11 is 0. The molecule has 2 fully saturated rings. The number of aromatic nitrogens is 1. The third-order valence-corrected chi connectivity index (χ3v) is 8.59. The molecule has 2 heterocycles. The summed E-state index contributed by atoms with van der Waals surface area (Å²) in [7, 11) is 1.56. The number of methoxy groups -OCH3 is 1. The van der Waals surface area contributed by atoms with Gasteiger partial charge in [0.2, 0.25) is 11.7 Å². The summed E-state index contributed by atoms with van der Waals surface area (Å²) in [6.45, 7) is 0.280. The van der Waals surface area contributed by atoms with Crippen LogP contribution >= 0.6 is 0 Å². The van der Waals surface area contributed by atoms with E-state index in [1.165, 1.54) is 4.90 Å². The zero-order valence-corrected chi connectivity index (χ0v) is 23.5. The maximum absolute atomic E-state index is 14.1. The van der Waals surface area contributed by atoms with E-state index >= 15 is 0 Å². The van der Waals surface area contributed by atoms with Crippen LogP contribution < -0.4 is 15.4 Å². The van der Waals surface area contributed by atoms with Crippen molar-refractivity contribution in [3.63, 3.8) is 0 Å². The van der Waals surface area contributed by atoms with Crippen LogP contribution in [0.2, 0.25) is 0 Å². The quantitative estimate of drug-likeness (QED) is 0.338. The fourth-order valence-corrected chi connectivity index (χ4v) is 6.19. The molecule has 6 rings (SSSR count). The molecule has 3 N–H and O–H groups in total. The molecule has 2 saturated carbocycles. The number of carbonyl (C=O) groups is 5. The van der Waals surface area contributed by atoms with Crippen LogP contribution in [0.15, 0.2) is 48.5 Å². The topological polar surface area (TPSA) is 138 Å². The summed E-state index contributed by atoms with van der Waals surface area (Å²) in [5.74, 6) is -2.19. The number of benzene rings is 2. The largest absolute Gasteiger partial charge is 0.496 e. The van der Waals surface area contributed by atoms with Crippen LogP contribution in [0, 0.1) is 5.92 Å². The lowest BCUT2D eigenvalue weighted by Gasteiger charge is -2.37. The Morgan fingerprint density at radius 2 is 1.86 bits per heavy atom. The highest BCUT2D eigenvalue weighted by Gasteiger charge is 2.41. The van der Waals surface area contributed by atoms with Gasteiger partial charge in [-0.3, -0.25) is 24.0 Å². The van der Waals surface area contributed by atoms with E-state index in [1.807, 2.05) is 42.5 Å². The number of nitrogens with zero attached hydrogens (tertiary/aromatic N) is 1. The van der Waals surface area contributed by atoms with Crippen LogP contribution in [-0.4, -0.2) is 64.9 Å². The molecule has 0 spiro atoms. The first-order valence-corrected chi connectivity index (χ1v) is 14.6. The third kappa shape index (κ3) is 5.41. The molecule has 3 aromatic rings. The molecule has 218 valence electrons. The highest BCUT2D eigenvalue weighted by atomic mass is 16.5. The number of hydrogen-bond donors (Lipinski definition) is 3. The molecule has 1 aromatic heterocycles. The van der Waals surface area contributed by atoms with Gasteiger partial charge < -0.3 is 25.3 Å². The van der Waals surface area contributed by atoms with Gasteiger partial charge in [-0.2, -0.15) is 0 Å². The van der Waals surface area contributed by atoms with Crippen molar-refractivity contribution in [2.45, 2.75) is 63.1 Å². The van der Waals surface area contributed by atoms with E-state index in [-0.39, 0.29) is 30.7 Å². The van der Waals surface area contributed by atoms with E-state index in [9.17, 15) is 24.0 Å². The first-order chi connectivity index (χ1) is 20.3. The first kappa shape index (κ1) is 27.7. The highest BCUT2D eigenvalue weighted by molar-refractivity contribution is 6.38. The Balaban J connectivity index is 1.31. The maximum Gasteiger partial charge on any atom is 0.289 e. The molecule has 10 nitrogen and oxygen atoms in total. The third-order valence-electron chi connectivity index (χ3n) is 8.59. The second-order valence-electron chi connectivity index (χ2n) is 11.4. The Kier molecular flexibility index (Phi) is 7.53. The molecule has 0 radical (unpaired) electrons. The standard InChI is InChI=1S/C32H34N4O6/c1-42-27-11-5-9-23-22(27)17-25(34-23)32(41)36-15-14-18-6-2-3-8-21(18)28(36)30(39)35-24(16-19-7-4-10-26(19)37)29(38)31(40)33-20-12-13-20/h2-3,5-6,8-9,11,17,19-20,24,28,34H,4,7,10,12-16H2,1H3,(H,33,40)(H,35,39)/t19-,24-,28-/m0/s1. The Morgan fingerprint density at radius 3 is 2.60 bits per heavy atom. The minimum atomic E-state index is -1.17. The number of ketones is 2. The van der Waals surface area contributed by atoms with E-state index in [0.29, 0.717) is 36.3 Å². The minimum Gasteiger partial charge on any atom is -0.496 e. The fourth-order valence-electron chi connectivity index (χ4n) is 6.19. The van der Waals surface area contributed by atoms with Gasteiger partial charge >= 0.3 is 0 Å². The van der Waals surface area contributed by atoms with Gasteiger partial charge in [-0.15, -0.1) is 0 Å². The molecule has 2 aromatic carbocycles. The molecule has 2 aliphatic carbocycles. The predicted octanol–water partition coefficient (Wildman–Crippen LogP) is 3.01. The SMILES string of the molecule is COc1cccc2[nH]c(C(=O)N3CCc4ccccc4[C@H]3C(=O)N[C@@H](C[C@@H]3CCCC3=O)C(=O)C(=O)NC3CC3)cc12. The summed E-state index contributed by atoms with van der Waals surface area (Å²) in [5, 5.41) is 6.26. The fraction of sp³-hybridized carbons (Fsp3) is 0.406. The van der Waals surface area contributed by atoms with E-state index < -0.39 is 35.6 Å². The van der Waals surface area contributed by atoms with Gasteiger partial charge in [0, 0.05) is 35.8 Å². The molecule has 3 aliphatic rings. The van der Waals surface area contributed by atoms with Gasteiger partial charge in [0.1, 0.15) is 23.3 Å². The number of amides is 3. The maximum atomic E-state index is 14.1. The Bertz CT molecular complexity index is 1570. The normalized spacial score (nSPS) is 20.6. The molecule has 3 atom stereocenters. The minimum absolute atomic E-state index is 0.0285. The number of H-pyrrole nitrogens is 1. The van der Waals surface area contributed by atoms with Crippen molar-refractivity contribution < 1.29 is 28.7 Å². The lowest BCUT2D eigenvalue weighted by atomic mass is 9.90. The van der Waals surface area contributed by atoms with Crippen LogP contribution in [0.25, 0.3) is 10.9 Å². The number of fused-ring (bicyclic) bond motifs is 2. The van der Waals surface area contributed by atoms with Crippen molar-refractivity contribution in [2.24, 2.45) is 5.92 Å². The van der Waals surface area contributed by atoms with Gasteiger partial charge in [0.15, 0.2) is 0 Å². The van der Waals surface area contributed by atoms with Crippen LogP contribution in [0.4, 0.5) is 0 Å². The number of rotatable bonds is 9. The van der Waals surface area contributed by atoms with Gasteiger partial charge in [0.05, 0.1) is 13.2 Å². The second kappa shape index (κ2) is 11.4. The van der Waals surface area contributed by atoms with Crippen molar-refractivity contribution >= 4 is 40.2 Å². The number of carbonyl (C=O) groups excluding carboxylic acids is 5. The average Bonchev–Trinajstić information content (AvgIpc) is 3.55. The number of hydrogen-bond acceptors (Lipinski definition) is 6. The van der Waals surface area contributed by atoms with Gasteiger partial charge in [0.25, 0.3) is 11.8 Å². The van der Waals surface area contributed by atoms with E-state index in [0.717, 1.165) is 35.7 Å². The zero-order valence-electron chi connectivity index (χ0n) is 23.5. The lowest BCUT2D eigenvalue weighted by Crippen LogP contribution is -2.53. The van der Waals surface area contributed by atoms with E-state index in [4.69, 9.17) is 4.74 Å². The summed E-state index contributed by atoms with van der Waals surface area (Å²) in [4.78, 5) is 71.3. The summed E-state index contributed by atoms with van der Waals surface area (Å²) in [5.41, 5.74) is 2.62. The lowest BCUT2D eigenvalue weighted by molar-refractivity contribution is -0.141. The number of ether oxygens (including phenoxy) is 1. The van der Waals surface area contributed by atoms with Crippen molar-refractivity contribution in [3.05, 3.63) is 65.4 Å². The van der Waals surface area contributed by atoms with Gasteiger partial charge in [-0.05, 0) is 67.9 Å². The van der Waals surface area contributed by atoms with Crippen LogP contribution in [-0.2, 0) is 25.6 Å². The Labute approximate surface area is 243 Å². The van der Waals surface area contributed by atoms with Crippen molar-refractivity contribution in [1.29, 1.82) is 0 Å². The summed E-state index contributed by atoms with van der Waals surface area (Å²) in [6, 6.07) is 12.4. The van der Waals surface area contributed by atoms with E-state index in [2.05, 4.69) is 15.6 Å². The molecule has 1 aliphatic heterocycles. The van der Waals surface area contributed by atoms with Gasteiger partial charge in [-0.1, -0.05) is 30.3 Å². The van der Waals surface area contributed by atoms with Crippen LogP contribution in [0.1, 0.15) is 66.2 Å². The molecular weight excluding hydrogens is 536 g/mol. The molecule has 0 bridgehead atoms. The first-order valence-electron chi connectivity index (χ1n) is 14.6. The zero-order chi connectivity index (χ0) is 29.4. The molecule has 10 heteroatoms. The van der Waals surface area contributed by atoms with Crippen molar-refractivity contribution in [2.75, 3.05) is 13.7 Å². The predicted molar refractivity (Wildman–Crippen MR) is 154 cm³/mol.